The van der Waals surface area contributed by atoms with Gasteiger partial charge in [-0.25, -0.2) is 33.0 Å². The van der Waals surface area contributed by atoms with Crippen molar-refractivity contribution in [3.8, 4) is 17.3 Å². The van der Waals surface area contributed by atoms with E-state index >= 15 is 4.39 Å². The number of pyridine rings is 1. The van der Waals surface area contributed by atoms with Crippen LogP contribution in [0.2, 0.25) is 0 Å². The first kappa shape index (κ1) is 40.4. The number of nitrogens with one attached hydrogen (secondary N) is 1. The smallest absolute Gasteiger partial charge is 0.419 e. The Morgan fingerprint density at radius 3 is 2.60 bits per heavy atom. The van der Waals surface area contributed by atoms with Gasteiger partial charge in [-0.2, -0.15) is 5.26 Å². The summed E-state index contributed by atoms with van der Waals surface area (Å²) >= 11 is 1.43. The molecule has 5 rings (SSSR count). The van der Waals surface area contributed by atoms with E-state index in [-0.39, 0.29) is 48.1 Å². The lowest BCUT2D eigenvalue weighted by Gasteiger charge is -2.34. The summed E-state index contributed by atoms with van der Waals surface area (Å²) in [7, 11) is 6.00. The zero-order chi connectivity index (χ0) is 38.7. The Morgan fingerprint density at radius 2 is 1.91 bits per heavy atom. The fraction of sp³-hybridized carbons (Fsp3) is 0.351. The predicted octanol–water partition coefficient (Wildman–Crippen LogP) is 5.40. The SMILES string of the molecule is CNCC(=O)OCc1cccnc1N(C)C(=O)OC(C)[N+]1(C)C=NN(CC(c2cc(F)ccc2F)C(C)c2nc(-c3ccc(C#N)cc3)cs2)C1.CO. The minimum absolute atomic E-state index is 0.0443. The molecule has 4 unspecified atom stereocenters. The van der Waals surface area contributed by atoms with Gasteiger partial charge in [-0.15, -0.1) is 16.4 Å². The monoisotopic (exact) mass is 749 g/mol. The van der Waals surface area contributed by atoms with Crippen molar-refractivity contribution in [3.05, 3.63) is 99.5 Å². The fourth-order valence-electron chi connectivity index (χ4n) is 5.63. The topological polar surface area (TPSA) is 153 Å². The Bertz CT molecular complexity index is 1940. The number of thiazole rings is 1. The number of amides is 1. The third-order valence-corrected chi connectivity index (χ3v) is 9.85. The number of carbonyl (C=O) groups is 2. The zero-order valence-corrected chi connectivity index (χ0v) is 31.2. The number of rotatable bonds is 13. The third kappa shape index (κ3) is 9.96. The minimum Gasteiger partial charge on any atom is -0.460 e. The molecule has 53 heavy (non-hydrogen) atoms. The first-order valence-corrected chi connectivity index (χ1v) is 17.5. The van der Waals surface area contributed by atoms with Gasteiger partial charge in [0.15, 0.2) is 6.67 Å². The quantitative estimate of drug-likeness (QED) is 0.134. The molecule has 4 aromatic rings. The molecular formula is C37H43F2N8O5S+. The number of aromatic nitrogens is 2. The highest BCUT2D eigenvalue weighted by Crippen LogP contribution is 2.38. The number of likely N-dealkylation sites (N-methyl/N-ethyl adjacent to an activating group) is 1. The average molecular weight is 750 g/mol. The Morgan fingerprint density at radius 1 is 1.17 bits per heavy atom. The zero-order valence-electron chi connectivity index (χ0n) is 30.4. The second kappa shape index (κ2) is 18.4. The lowest BCUT2D eigenvalue weighted by molar-refractivity contribution is -0.864. The van der Waals surface area contributed by atoms with E-state index in [0.717, 1.165) is 35.5 Å². The molecule has 0 bridgehead atoms. The van der Waals surface area contributed by atoms with E-state index in [0.29, 0.717) is 11.1 Å². The van der Waals surface area contributed by atoms with Gasteiger partial charge in [-0.3, -0.25) is 9.69 Å². The van der Waals surface area contributed by atoms with Crippen LogP contribution in [-0.4, -0.2) is 97.2 Å². The molecule has 1 aliphatic rings. The number of hydrogen-bond donors (Lipinski definition) is 2. The van der Waals surface area contributed by atoms with Crippen LogP contribution in [0.3, 0.4) is 0 Å². The maximum Gasteiger partial charge on any atom is 0.419 e. The first-order chi connectivity index (χ1) is 25.4. The van der Waals surface area contributed by atoms with Gasteiger partial charge in [0.05, 0.1) is 35.9 Å². The molecule has 16 heteroatoms. The number of nitrogens with zero attached hydrogens (tertiary/aromatic N) is 7. The molecule has 0 saturated heterocycles. The number of hydrogen-bond acceptors (Lipinski definition) is 12. The molecular weight excluding hydrogens is 707 g/mol. The van der Waals surface area contributed by atoms with Gasteiger partial charge in [0, 0.05) is 62.2 Å². The van der Waals surface area contributed by atoms with Crippen LogP contribution < -0.4 is 10.2 Å². The van der Waals surface area contributed by atoms with Crippen molar-refractivity contribution in [2.45, 2.75) is 38.5 Å². The van der Waals surface area contributed by atoms with E-state index in [1.807, 2.05) is 31.5 Å². The van der Waals surface area contributed by atoms with Gasteiger partial charge in [0.2, 0.25) is 12.6 Å². The lowest BCUT2D eigenvalue weighted by Crippen LogP contribution is -2.53. The Balaban J connectivity index is 0.00000308. The molecule has 3 heterocycles. The van der Waals surface area contributed by atoms with Gasteiger partial charge in [0.25, 0.3) is 0 Å². The number of anilines is 1. The number of nitriles is 1. The van der Waals surface area contributed by atoms with Crippen LogP contribution in [0.5, 0.6) is 0 Å². The molecule has 280 valence electrons. The number of ether oxygens (including phenoxy) is 2. The highest BCUT2D eigenvalue weighted by atomic mass is 32.1. The van der Waals surface area contributed by atoms with Gasteiger partial charge in [-0.05, 0) is 49.0 Å². The molecule has 4 atom stereocenters. The second-order valence-electron chi connectivity index (χ2n) is 12.4. The van der Waals surface area contributed by atoms with E-state index in [4.69, 9.17) is 24.8 Å². The normalized spacial score (nSPS) is 16.5. The Labute approximate surface area is 311 Å². The molecule has 0 fully saturated rings. The van der Waals surface area contributed by atoms with E-state index in [9.17, 15) is 14.0 Å². The second-order valence-corrected chi connectivity index (χ2v) is 13.3. The Kier molecular flexibility index (Phi) is 14.1. The highest BCUT2D eigenvalue weighted by Gasteiger charge is 2.40. The number of benzene rings is 2. The summed E-state index contributed by atoms with van der Waals surface area (Å²) in [5.74, 6) is -2.13. The van der Waals surface area contributed by atoms with Gasteiger partial charge in [0.1, 0.15) is 24.1 Å². The number of hydrazone groups is 1. The van der Waals surface area contributed by atoms with Gasteiger partial charge in [-0.1, -0.05) is 25.1 Å². The highest BCUT2D eigenvalue weighted by molar-refractivity contribution is 7.10. The standard InChI is InChI=1S/C36H39F2N8O4S.CH4O/c1-23(35-43-32(20-51-35)26-10-8-25(16-39)9-11-26)30(29-15-28(37)12-13-31(29)38)18-45-22-46(5,21-42-45)24(2)50-36(48)44(4)34-27(7-6-14-41-34)19-49-33(47)17-40-3;1-2/h6-15,20-21,23-24,30,40H,17-19,22H2,1-5H3;2H,1H3/q+1;. The molecule has 2 N–H and O–H groups in total. The number of carbonyl (C=O) groups excluding carboxylic acids is 2. The van der Waals surface area contributed by atoms with Crippen molar-refractivity contribution >= 4 is 35.6 Å². The number of esters is 1. The molecule has 1 aliphatic heterocycles. The number of halogens is 2. The van der Waals surface area contributed by atoms with Crippen molar-refractivity contribution < 1.29 is 37.4 Å². The van der Waals surface area contributed by atoms with Crippen LogP contribution in [0.25, 0.3) is 11.3 Å². The molecule has 2 aromatic heterocycles. The van der Waals surface area contributed by atoms with Crippen molar-refractivity contribution in [1.82, 2.24) is 20.3 Å². The Hall–Kier alpha value is -5.34. The van der Waals surface area contributed by atoms with Gasteiger partial charge >= 0.3 is 12.1 Å². The van der Waals surface area contributed by atoms with E-state index < -0.39 is 35.8 Å². The average Bonchev–Trinajstić information content (AvgIpc) is 3.82. The van der Waals surface area contributed by atoms with Crippen molar-refractivity contribution in [1.29, 1.82) is 5.26 Å². The molecule has 13 nitrogen and oxygen atoms in total. The van der Waals surface area contributed by atoms with Crippen LogP contribution in [0.1, 0.15) is 47.4 Å². The minimum atomic E-state index is -0.704. The fourth-order valence-corrected chi connectivity index (χ4v) is 6.58. The predicted molar refractivity (Wildman–Crippen MR) is 196 cm³/mol. The summed E-state index contributed by atoms with van der Waals surface area (Å²) in [6, 6.07) is 16.0. The summed E-state index contributed by atoms with van der Waals surface area (Å²) in [6.45, 7) is 4.15. The molecule has 2 aromatic carbocycles. The van der Waals surface area contributed by atoms with Crippen molar-refractivity contribution in [2.24, 2.45) is 5.10 Å². The van der Waals surface area contributed by atoms with Crippen LogP contribution in [0, 0.1) is 23.0 Å². The maximum absolute atomic E-state index is 15.3. The van der Waals surface area contributed by atoms with E-state index in [1.54, 1.807) is 49.6 Å². The van der Waals surface area contributed by atoms with Crippen molar-refractivity contribution in [3.63, 3.8) is 0 Å². The van der Waals surface area contributed by atoms with Crippen LogP contribution in [0.15, 0.2) is 71.3 Å². The largest absolute Gasteiger partial charge is 0.460 e. The summed E-state index contributed by atoms with van der Waals surface area (Å²) in [5, 5.41) is 27.9. The summed E-state index contributed by atoms with van der Waals surface area (Å²) < 4.78 is 41.1. The lowest BCUT2D eigenvalue weighted by atomic mass is 9.86. The molecule has 0 aliphatic carbocycles. The number of quaternary nitrogens is 1. The number of aliphatic hydroxyl groups excluding tert-OH is 1. The van der Waals surface area contributed by atoms with E-state index in [1.165, 1.54) is 35.5 Å². The summed E-state index contributed by atoms with van der Waals surface area (Å²) in [5.41, 5.74) is 2.84. The molecule has 0 radical (unpaired) electrons. The molecule has 1 amide bonds. The van der Waals surface area contributed by atoms with E-state index in [2.05, 4.69) is 21.5 Å². The van der Waals surface area contributed by atoms with Crippen LogP contribution in [0.4, 0.5) is 19.4 Å². The summed E-state index contributed by atoms with van der Waals surface area (Å²) in [6.07, 6.45) is 1.80. The summed E-state index contributed by atoms with van der Waals surface area (Å²) in [4.78, 5) is 35.6. The van der Waals surface area contributed by atoms with Crippen LogP contribution in [-0.2, 0) is 20.9 Å². The molecule has 0 spiro atoms. The maximum atomic E-state index is 15.3. The van der Waals surface area contributed by atoms with Gasteiger partial charge < -0.3 is 19.9 Å². The van der Waals surface area contributed by atoms with Crippen LogP contribution >= 0.6 is 11.3 Å². The molecule has 0 saturated carbocycles. The third-order valence-electron chi connectivity index (χ3n) is 8.81. The van der Waals surface area contributed by atoms with Crippen molar-refractivity contribution in [2.75, 3.05) is 52.9 Å². The first-order valence-electron chi connectivity index (χ1n) is 16.6. The number of aliphatic hydroxyl groups is 1.